The maximum Gasteiger partial charge on any atom is 0.323 e. The SMILES string of the molecule is CC(C)(C)N1CCC(=N)NC1=O. The molecule has 0 aromatic carbocycles. The summed E-state index contributed by atoms with van der Waals surface area (Å²) in [5.41, 5.74) is -0.148. The van der Waals surface area contributed by atoms with Crippen molar-refractivity contribution in [1.29, 1.82) is 5.41 Å². The zero-order chi connectivity index (χ0) is 9.35. The van der Waals surface area contributed by atoms with Crippen molar-refractivity contribution in [1.82, 2.24) is 10.2 Å². The number of hydrogen-bond acceptors (Lipinski definition) is 2. The fourth-order valence-electron chi connectivity index (χ4n) is 1.22. The van der Waals surface area contributed by atoms with E-state index in [1.54, 1.807) is 4.90 Å². The van der Waals surface area contributed by atoms with Crippen molar-refractivity contribution in [2.45, 2.75) is 32.7 Å². The Morgan fingerprint density at radius 3 is 2.50 bits per heavy atom. The third-order valence-corrected chi connectivity index (χ3v) is 1.90. The second-order valence-corrected chi connectivity index (χ2v) is 3.98. The quantitative estimate of drug-likeness (QED) is 0.562. The number of carbonyl (C=O) groups is 1. The standard InChI is InChI=1S/C8H15N3O/c1-8(2,3)11-5-4-6(9)10-7(11)12/h4-5H2,1-3H3,(H2,9,10,12). The first kappa shape index (κ1) is 9.03. The van der Waals surface area contributed by atoms with E-state index in [2.05, 4.69) is 5.32 Å². The summed E-state index contributed by atoms with van der Waals surface area (Å²) in [4.78, 5) is 13.1. The van der Waals surface area contributed by atoms with Gasteiger partial charge in [-0.15, -0.1) is 0 Å². The van der Waals surface area contributed by atoms with E-state index in [-0.39, 0.29) is 11.6 Å². The molecule has 2 amide bonds. The second kappa shape index (κ2) is 2.77. The van der Waals surface area contributed by atoms with Crippen molar-refractivity contribution in [2.75, 3.05) is 6.54 Å². The highest BCUT2D eigenvalue weighted by molar-refractivity contribution is 5.98. The smallest absolute Gasteiger partial charge is 0.319 e. The van der Waals surface area contributed by atoms with E-state index in [1.807, 2.05) is 20.8 Å². The third-order valence-electron chi connectivity index (χ3n) is 1.90. The van der Waals surface area contributed by atoms with Gasteiger partial charge in [-0.25, -0.2) is 4.79 Å². The summed E-state index contributed by atoms with van der Waals surface area (Å²) in [7, 11) is 0. The summed E-state index contributed by atoms with van der Waals surface area (Å²) < 4.78 is 0. The minimum Gasteiger partial charge on any atom is -0.319 e. The van der Waals surface area contributed by atoms with Gasteiger partial charge in [-0.3, -0.25) is 10.7 Å². The summed E-state index contributed by atoms with van der Waals surface area (Å²) >= 11 is 0. The van der Waals surface area contributed by atoms with Crippen LogP contribution in [-0.4, -0.2) is 28.9 Å². The van der Waals surface area contributed by atoms with Crippen LogP contribution in [0.5, 0.6) is 0 Å². The molecule has 0 aromatic rings. The third kappa shape index (κ3) is 1.75. The molecule has 1 fully saturated rings. The van der Waals surface area contributed by atoms with Gasteiger partial charge in [0.15, 0.2) is 0 Å². The summed E-state index contributed by atoms with van der Waals surface area (Å²) in [5, 5.41) is 9.76. The lowest BCUT2D eigenvalue weighted by Gasteiger charge is -2.38. The van der Waals surface area contributed by atoms with Crippen LogP contribution in [0.4, 0.5) is 4.79 Å². The average Bonchev–Trinajstić information content (AvgIpc) is 1.83. The number of nitrogens with one attached hydrogen (secondary N) is 2. The molecular formula is C8H15N3O. The van der Waals surface area contributed by atoms with Crippen LogP contribution in [0.3, 0.4) is 0 Å². The Labute approximate surface area is 72.4 Å². The summed E-state index contributed by atoms with van der Waals surface area (Å²) in [6, 6.07) is -0.154. The molecule has 0 radical (unpaired) electrons. The van der Waals surface area contributed by atoms with Crippen molar-refractivity contribution in [3.05, 3.63) is 0 Å². The minimum absolute atomic E-state index is 0.148. The van der Waals surface area contributed by atoms with Crippen LogP contribution in [0.15, 0.2) is 0 Å². The van der Waals surface area contributed by atoms with Crippen LogP contribution in [0.1, 0.15) is 27.2 Å². The van der Waals surface area contributed by atoms with Crippen LogP contribution < -0.4 is 5.32 Å². The summed E-state index contributed by atoms with van der Waals surface area (Å²) in [5.74, 6) is 0.320. The van der Waals surface area contributed by atoms with E-state index < -0.39 is 0 Å². The van der Waals surface area contributed by atoms with Gasteiger partial charge in [-0.05, 0) is 20.8 Å². The molecule has 0 saturated carbocycles. The van der Waals surface area contributed by atoms with Gasteiger partial charge in [0.1, 0.15) is 5.84 Å². The zero-order valence-electron chi connectivity index (χ0n) is 7.77. The van der Waals surface area contributed by atoms with Crippen molar-refractivity contribution in [3.8, 4) is 0 Å². The second-order valence-electron chi connectivity index (χ2n) is 3.98. The average molecular weight is 169 g/mol. The maximum atomic E-state index is 11.3. The first-order valence-electron chi connectivity index (χ1n) is 4.07. The molecule has 1 aliphatic rings. The Balaban J connectivity index is 2.69. The maximum absolute atomic E-state index is 11.3. The van der Waals surface area contributed by atoms with Crippen LogP contribution in [-0.2, 0) is 0 Å². The van der Waals surface area contributed by atoms with Gasteiger partial charge in [0.2, 0.25) is 0 Å². The Bertz CT molecular complexity index is 217. The van der Waals surface area contributed by atoms with Crippen LogP contribution in [0.2, 0.25) is 0 Å². The molecule has 4 heteroatoms. The summed E-state index contributed by atoms with van der Waals surface area (Å²) in [6.45, 7) is 6.61. The highest BCUT2D eigenvalue weighted by Gasteiger charge is 2.29. The number of amidine groups is 1. The molecular weight excluding hydrogens is 154 g/mol. The molecule has 4 nitrogen and oxygen atoms in total. The first-order chi connectivity index (χ1) is 5.41. The zero-order valence-corrected chi connectivity index (χ0v) is 7.77. The van der Waals surface area contributed by atoms with Gasteiger partial charge < -0.3 is 4.90 Å². The molecule has 2 N–H and O–H groups in total. The van der Waals surface area contributed by atoms with Gasteiger partial charge in [0, 0.05) is 18.5 Å². The van der Waals surface area contributed by atoms with Crippen LogP contribution in [0, 0.1) is 5.41 Å². The molecule has 0 bridgehead atoms. The Kier molecular flexibility index (Phi) is 2.08. The van der Waals surface area contributed by atoms with Crippen LogP contribution >= 0.6 is 0 Å². The molecule has 0 aliphatic carbocycles. The molecule has 68 valence electrons. The predicted octanol–water partition coefficient (Wildman–Crippen LogP) is 1.18. The van der Waals surface area contributed by atoms with Crippen molar-refractivity contribution >= 4 is 11.9 Å². The molecule has 0 aromatic heterocycles. The fourth-order valence-corrected chi connectivity index (χ4v) is 1.22. The Morgan fingerprint density at radius 2 is 2.08 bits per heavy atom. The normalized spacial score (nSPS) is 19.4. The van der Waals surface area contributed by atoms with Gasteiger partial charge in [0.05, 0.1) is 0 Å². The Hall–Kier alpha value is -1.06. The number of hydrogen-bond donors (Lipinski definition) is 2. The minimum atomic E-state index is -0.154. The van der Waals surface area contributed by atoms with E-state index in [4.69, 9.17) is 5.41 Å². The largest absolute Gasteiger partial charge is 0.323 e. The van der Waals surface area contributed by atoms with Gasteiger partial charge in [0.25, 0.3) is 0 Å². The number of nitrogens with zero attached hydrogens (tertiary/aromatic N) is 1. The van der Waals surface area contributed by atoms with E-state index in [0.717, 1.165) is 0 Å². The van der Waals surface area contributed by atoms with Gasteiger partial charge in [-0.2, -0.15) is 0 Å². The molecule has 1 heterocycles. The monoisotopic (exact) mass is 169 g/mol. The van der Waals surface area contributed by atoms with E-state index in [1.165, 1.54) is 0 Å². The lowest BCUT2D eigenvalue weighted by atomic mass is 10.1. The number of rotatable bonds is 0. The number of carbonyl (C=O) groups excluding carboxylic acids is 1. The highest BCUT2D eigenvalue weighted by atomic mass is 16.2. The fraction of sp³-hybridized carbons (Fsp3) is 0.750. The molecule has 1 saturated heterocycles. The molecule has 12 heavy (non-hydrogen) atoms. The van der Waals surface area contributed by atoms with Crippen molar-refractivity contribution in [3.63, 3.8) is 0 Å². The molecule has 0 spiro atoms. The molecule has 0 unspecified atom stereocenters. The first-order valence-corrected chi connectivity index (χ1v) is 4.07. The summed E-state index contributed by atoms with van der Waals surface area (Å²) in [6.07, 6.45) is 0.628. The van der Waals surface area contributed by atoms with Gasteiger partial charge in [-0.1, -0.05) is 0 Å². The van der Waals surface area contributed by atoms with E-state index >= 15 is 0 Å². The lowest BCUT2D eigenvalue weighted by molar-refractivity contribution is 0.146. The van der Waals surface area contributed by atoms with Gasteiger partial charge >= 0.3 is 6.03 Å². The highest BCUT2D eigenvalue weighted by Crippen LogP contribution is 2.15. The van der Waals surface area contributed by atoms with E-state index in [0.29, 0.717) is 18.8 Å². The lowest BCUT2D eigenvalue weighted by Crippen LogP contribution is -2.56. The molecule has 1 rings (SSSR count). The predicted molar refractivity (Wildman–Crippen MR) is 47.3 cm³/mol. The van der Waals surface area contributed by atoms with Crippen LogP contribution in [0.25, 0.3) is 0 Å². The topological polar surface area (TPSA) is 56.2 Å². The van der Waals surface area contributed by atoms with Crippen molar-refractivity contribution < 1.29 is 4.79 Å². The molecule has 0 atom stereocenters. The Morgan fingerprint density at radius 1 is 1.50 bits per heavy atom. The van der Waals surface area contributed by atoms with E-state index in [9.17, 15) is 4.79 Å². The molecule has 1 aliphatic heterocycles. The number of urea groups is 1. The van der Waals surface area contributed by atoms with Crippen molar-refractivity contribution in [2.24, 2.45) is 0 Å². The number of amides is 2.